The molecule has 4 heteroatoms. The van der Waals surface area contributed by atoms with Gasteiger partial charge in [0, 0.05) is 17.5 Å². The molecule has 0 atom stereocenters. The van der Waals surface area contributed by atoms with Crippen molar-refractivity contribution in [3.8, 4) is 0 Å². The number of hydrogen-bond acceptors (Lipinski definition) is 2. The van der Waals surface area contributed by atoms with E-state index in [0.717, 1.165) is 23.9 Å². The zero-order chi connectivity index (χ0) is 11.5. The van der Waals surface area contributed by atoms with Crippen LogP contribution in [0.15, 0.2) is 22.8 Å². The summed E-state index contributed by atoms with van der Waals surface area (Å²) in [5.74, 6) is -0.337. The third-order valence-electron chi connectivity index (χ3n) is 2.42. The Bertz CT molecular complexity index is 495. The standard InChI is InChI=1S/C12H13ClFNO/c1-2-3-15-6-8-7-16-12-10(8)4-9(14)5-11(12)13/h4-5,7,15H,2-3,6H2,1H3. The first kappa shape index (κ1) is 11.4. The molecule has 0 saturated heterocycles. The van der Waals surface area contributed by atoms with Crippen LogP contribution >= 0.6 is 11.6 Å². The number of fused-ring (bicyclic) bond motifs is 1. The van der Waals surface area contributed by atoms with Crippen molar-refractivity contribution in [2.75, 3.05) is 6.54 Å². The molecule has 0 amide bonds. The summed E-state index contributed by atoms with van der Waals surface area (Å²) in [7, 11) is 0. The van der Waals surface area contributed by atoms with E-state index < -0.39 is 0 Å². The van der Waals surface area contributed by atoms with Crippen LogP contribution in [0.25, 0.3) is 11.0 Å². The molecule has 0 unspecified atom stereocenters. The van der Waals surface area contributed by atoms with Gasteiger partial charge in [0.1, 0.15) is 5.82 Å². The van der Waals surface area contributed by atoms with E-state index in [9.17, 15) is 4.39 Å². The lowest BCUT2D eigenvalue weighted by Crippen LogP contribution is -2.13. The first-order valence-electron chi connectivity index (χ1n) is 5.28. The van der Waals surface area contributed by atoms with Crippen molar-refractivity contribution in [3.63, 3.8) is 0 Å². The van der Waals surface area contributed by atoms with E-state index in [1.165, 1.54) is 12.1 Å². The minimum atomic E-state index is -0.337. The molecule has 2 aromatic rings. The monoisotopic (exact) mass is 241 g/mol. The molecule has 2 nitrogen and oxygen atoms in total. The smallest absolute Gasteiger partial charge is 0.152 e. The fourth-order valence-electron chi connectivity index (χ4n) is 1.65. The highest BCUT2D eigenvalue weighted by Gasteiger charge is 2.10. The molecule has 0 bridgehead atoms. The van der Waals surface area contributed by atoms with Crippen molar-refractivity contribution in [1.82, 2.24) is 5.32 Å². The predicted molar refractivity (Wildman–Crippen MR) is 63.2 cm³/mol. The third kappa shape index (κ3) is 2.20. The van der Waals surface area contributed by atoms with Gasteiger partial charge in [-0.05, 0) is 25.1 Å². The van der Waals surface area contributed by atoms with Crippen LogP contribution in [0, 0.1) is 5.82 Å². The van der Waals surface area contributed by atoms with Crippen molar-refractivity contribution >= 4 is 22.6 Å². The maximum Gasteiger partial charge on any atom is 0.152 e. The molecule has 0 aliphatic heterocycles. The molecule has 1 heterocycles. The van der Waals surface area contributed by atoms with E-state index >= 15 is 0 Å². The molecule has 86 valence electrons. The zero-order valence-electron chi connectivity index (χ0n) is 9.02. The first-order valence-corrected chi connectivity index (χ1v) is 5.66. The minimum absolute atomic E-state index is 0.316. The fraction of sp³-hybridized carbons (Fsp3) is 0.333. The van der Waals surface area contributed by atoms with Crippen molar-refractivity contribution in [2.45, 2.75) is 19.9 Å². The van der Waals surface area contributed by atoms with Gasteiger partial charge in [0.15, 0.2) is 5.58 Å². The number of rotatable bonds is 4. The van der Waals surface area contributed by atoms with E-state index in [4.69, 9.17) is 16.0 Å². The molecule has 0 fully saturated rings. The van der Waals surface area contributed by atoms with Crippen molar-refractivity contribution in [2.24, 2.45) is 0 Å². The number of furan rings is 1. The van der Waals surface area contributed by atoms with Crippen LogP contribution in [-0.2, 0) is 6.54 Å². The SMILES string of the molecule is CCCNCc1coc2c(Cl)cc(F)cc12. The highest BCUT2D eigenvalue weighted by molar-refractivity contribution is 6.34. The van der Waals surface area contributed by atoms with Gasteiger partial charge in [-0.25, -0.2) is 4.39 Å². The summed E-state index contributed by atoms with van der Waals surface area (Å²) in [5, 5.41) is 4.30. The van der Waals surface area contributed by atoms with Crippen LogP contribution in [0.2, 0.25) is 5.02 Å². The highest BCUT2D eigenvalue weighted by atomic mass is 35.5. The van der Waals surface area contributed by atoms with Gasteiger partial charge in [0.25, 0.3) is 0 Å². The van der Waals surface area contributed by atoms with Crippen LogP contribution in [-0.4, -0.2) is 6.54 Å². The lowest BCUT2D eigenvalue weighted by atomic mass is 10.1. The number of hydrogen-bond donors (Lipinski definition) is 1. The van der Waals surface area contributed by atoms with Crippen molar-refractivity contribution in [3.05, 3.63) is 34.8 Å². The predicted octanol–water partition coefficient (Wildman–Crippen LogP) is 3.72. The summed E-state index contributed by atoms with van der Waals surface area (Å²) >= 11 is 5.88. The van der Waals surface area contributed by atoms with E-state index in [1.807, 2.05) is 0 Å². The Kier molecular flexibility index (Phi) is 3.46. The van der Waals surface area contributed by atoms with E-state index in [-0.39, 0.29) is 5.82 Å². The molecule has 1 aromatic carbocycles. The Labute approximate surface area is 98.4 Å². The lowest BCUT2D eigenvalue weighted by Gasteiger charge is -2.00. The van der Waals surface area contributed by atoms with Gasteiger partial charge in [-0.3, -0.25) is 0 Å². The van der Waals surface area contributed by atoms with Crippen LogP contribution in [0.4, 0.5) is 4.39 Å². The van der Waals surface area contributed by atoms with Gasteiger partial charge in [0.2, 0.25) is 0 Å². The minimum Gasteiger partial charge on any atom is -0.462 e. The normalized spacial score (nSPS) is 11.2. The third-order valence-corrected chi connectivity index (χ3v) is 2.70. The van der Waals surface area contributed by atoms with Gasteiger partial charge >= 0.3 is 0 Å². The van der Waals surface area contributed by atoms with E-state index in [0.29, 0.717) is 17.2 Å². The number of halogens is 2. The Morgan fingerprint density at radius 1 is 1.44 bits per heavy atom. The summed E-state index contributed by atoms with van der Waals surface area (Å²) < 4.78 is 18.5. The molecule has 1 aromatic heterocycles. The molecule has 0 saturated carbocycles. The van der Waals surface area contributed by atoms with E-state index in [2.05, 4.69) is 12.2 Å². The highest BCUT2D eigenvalue weighted by Crippen LogP contribution is 2.29. The number of benzene rings is 1. The second kappa shape index (κ2) is 4.85. The largest absolute Gasteiger partial charge is 0.462 e. The first-order chi connectivity index (χ1) is 7.72. The van der Waals surface area contributed by atoms with Crippen molar-refractivity contribution < 1.29 is 8.81 Å². The quantitative estimate of drug-likeness (QED) is 0.826. The molecule has 16 heavy (non-hydrogen) atoms. The van der Waals surface area contributed by atoms with Crippen LogP contribution in [0.5, 0.6) is 0 Å². The van der Waals surface area contributed by atoms with Crippen LogP contribution in [0.3, 0.4) is 0 Å². The topological polar surface area (TPSA) is 25.2 Å². The van der Waals surface area contributed by atoms with E-state index in [1.54, 1.807) is 6.26 Å². The van der Waals surface area contributed by atoms with Crippen LogP contribution in [0.1, 0.15) is 18.9 Å². The molecule has 1 N–H and O–H groups in total. The number of nitrogens with one attached hydrogen (secondary N) is 1. The summed E-state index contributed by atoms with van der Waals surface area (Å²) in [6.45, 7) is 3.69. The van der Waals surface area contributed by atoms with Gasteiger partial charge < -0.3 is 9.73 Å². The summed E-state index contributed by atoms with van der Waals surface area (Å²) in [6, 6.07) is 2.71. The molecular weight excluding hydrogens is 229 g/mol. The lowest BCUT2D eigenvalue weighted by molar-refractivity contribution is 0.599. The second-order valence-electron chi connectivity index (χ2n) is 3.70. The Morgan fingerprint density at radius 3 is 3.00 bits per heavy atom. The zero-order valence-corrected chi connectivity index (χ0v) is 9.77. The maximum absolute atomic E-state index is 13.2. The Hall–Kier alpha value is -1.06. The maximum atomic E-state index is 13.2. The fourth-order valence-corrected chi connectivity index (χ4v) is 1.90. The summed E-state index contributed by atoms with van der Waals surface area (Å²) in [6.07, 6.45) is 2.68. The average molecular weight is 242 g/mol. The molecule has 0 aliphatic carbocycles. The Balaban J connectivity index is 2.32. The molecule has 0 radical (unpaired) electrons. The van der Waals surface area contributed by atoms with Gasteiger partial charge in [-0.15, -0.1) is 0 Å². The molecular formula is C12H13ClFNO. The molecule has 0 spiro atoms. The van der Waals surface area contributed by atoms with Gasteiger partial charge in [0.05, 0.1) is 11.3 Å². The van der Waals surface area contributed by atoms with Gasteiger partial charge in [-0.2, -0.15) is 0 Å². The second-order valence-corrected chi connectivity index (χ2v) is 4.11. The van der Waals surface area contributed by atoms with Gasteiger partial charge in [-0.1, -0.05) is 18.5 Å². The Morgan fingerprint density at radius 2 is 2.25 bits per heavy atom. The molecule has 0 aliphatic rings. The summed E-state index contributed by atoms with van der Waals surface area (Å²) in [5.41, 5.74) is 1.49. The summed E-state index contributed by atoms with van der Waals surface area (Å²) in [4.78, 5) is 0. The average Bonchev–Trinajstić information content (AvgIpc) is 2.62. The van der Waals surface area contributed by atoms with Crippen LogP contribution < -0.4 is 5.32 Å². The van der Waals surface area contributed by atoms with Crippen molar-refractivity contribution in [1.29, 1.82) is 0 Å². The molecule has 2 rings (SSSR count).